The van der Waals surface area contributed by atoms with E-state index in [1.165, 1.54) is 18.6 Å². The van der Waals surface area contributed by atoms with Crippen molar-refractivity contribution < 1.29 is 9.66 Å². The van der Waals surface area contributed by atoms with Crippen LogP contribution in [0.5, 0.6) is 0 Å². The molecule has 5 nitrogen and oxygen atoms in total. The van der Waals surface area contributed by atoms with Crippen LogP contribution in [0, 0.1) is 10.1 Å². The van der Waals surface area contributed by atoms with E-state index in [0.29, 0.717) is 10.6 Å². The van der Waals surface area contributed by atoms with E-state index in [1.54, 1.807) is 6.07 Å². The first-order valence-electron chi connectivity index (χ1n) is 6.46. The van der Waals surface area contributed by atoms with Crippen molar-refractivity contribution in [3.63, 3.8) is 0 Å². The Labute approximate surface area is 120 Å². The predicted octanol–water partition coefficient (Wildman–Crippen LogP) is 3.73. The van der Waals surface area contributed by atoms with Gasteiger partial charge in [0.15, 0.2) is 0 Å². The van der Waals surface area contributed by atoms with E-state index in [2.05, 4.69) is 21.2 Å². The van der Waals surface area contributed by atoms with Crippen LogP contribution in [-0.4, -0.2) is 24.2 Å². The number of hydrogen-bond donors (Lipinski definition) is 1. The van der Waals surface area contributed by atoms with Crippen molar-refractivity contribution in [3.05, 3.63) is 32.8 Å². The minimum atomic E-state index is -0.398. The Hall–Kier alpha value is -1.14. The topological polar surface area (TPSA) is 64.4 Å². The van der Waals surface area contributed by atoms with Gasteiger partial charge in [-0.05, 0) is 47.7 Å². The number of anilines is 1. The Morgan fingerprint density at radius 3 is 2.95 bits per heavy atom. The molecule has 0 aliphatic carbocycles. The van der Waals surface area contributed by atoms with E-state index >= 15 is 0 Å². The fourth-order valence-corrected chi connectivity index (χ4v) is 2.67. The van der Waals surface area contributed by atoms with Gasteiger partial charge < -0.3 is 10.1 Å². The molecule has 1 aromatic rings. The molecule has 6 heteroatoms. The Kier molecular flexibility index (Phi) is 5.15. The SMILES string of the molecule is O=[N+]([O-])c1ccc(NCCC2CCCCO2)c(Br)c1. The van der Waals surface area contributed by atoms with Crippen molar-refractivity contribution in [2.24, 2.45) is 0 Å². The van der Waals surface area contributed by atoms with Crippen LogP contribution in [0.25, 0.3) is 0 Å². The van der Waals surface area contributed by atoms with E-state index in [0.717, 1.165) is 38.1 Å². The summed E-state index contributed by atoms with van der Waals surface area (Å²) in [5.74, 6) is 0. The van der Waals surface area contributed by atoms with Crippen molar-refractivity contribution in [2.75, 3.05) is 18.5 Å². The molecule has 104 valence electrons. The van der Waals surface area contributed by atoms with Gasteiger partial charge in [-0.25, -0.2) is 0 Å². The van der Waals surface area contributed by atoms with Gasteiger partial charge in [0, 0.05) is 35.4 Å². The normalized spacial score (nSPS) is 19.1. The van der Waals surface area contributed by atoms with Gasteiger partial charge in [0.1, 0.15) is 0 Å². The molecule has 1 fully saturated rings. The third-order valence-electron chi connectivity index (χ3n) is 3.22. The lowest BCUT2D eigenvalue weighted by Crippen LogP contribution is -2.22. The highest BCUT2D eigenvalue weighted by molar-refractivity contribution is 9.10. The zero-order valence-electron chi connectivity index (χ0n) is 10.6. The maximum Gasteiger partial charge on any atom is 0.270 e. The fraction of sp³-hybridized carbons (Fsp3) is 0.538. The lowest BCUT2D eigenvalue weighted by molar-refractivity contribution is -0.384. The van der Waals surface area contributed by atoms with Crippen LogP contribution < -0.4 is 5.32 Å². The molecule has 1 heterocycles. The monoisotopic (exact) mass is 328 g/mol. The number of non-ortho nitro benzene ring substituents is 1. The van der Waals surface area contributed by atoms with Gasteiger partial charge >= 0.3 is 0 Å². The second-order valence-electron chi connectivity index (χ2n) is 4.63. The molecule has 0 aromatic heterocycles. The Morgan fingerprint density at radius 1 is 1.47 bits per heavy atom. The van der Waals surface area contributed by atoms with Crippen LogP contribution in [0.1, 0.15) is 25.7 Å². The van der Waals surface area contributed by atoms with Crippen molar-refractivity contribution in [1.29, 1.82) is 0 Å². The summed E-state index contributed by atoms with van der Waals surface area (Å²) in [7, 11) is 0. The zero-order chi connectivity index (χ0) is 13.7. The van der Waals surface area contributed by atoms with Crippen LogP contribution in [0.3, 0.4) is 0 Å². The standard InChI is InChI=1S/C13H17BrN2O3/c14-12-9-10(16(17)18)4-5-13(12)15-7-6-11-3-1-2-8-19-11/h4-5,9,11,15H,1-3,6-8H2. The number of nitrogens with one attached hydrogen (secondary N) is 1. The highest BCUT2D eigenvalue weighted by Gasteiger charge is 2.14. The Bertz CT molecular complexity index is 448. The Balaban J connectivity index is 1.83. The maximum atomic E-state index is 10.6. The number of hydrogen-bond acceptors (Lipinski definition) is 4. The quantitative estimate of drug-likeness (QED) is 0.660. The molecule has 2 rings (SSSR count). The van der Waals surface area contributed by atoms with Crippen molar-refractivity contribution in [1.82, 2.24) is 0 Å². The van der Waals surface area contributed by atoms with E-state index in [9.17, 15) is 10.1 Å². The molecule has 19 heavy (non-hydrogen) atoms. The number of nitrogens with zero attached hydrogens (tertiary/aromatic N) is 1. The summed E-state index contributed by atoms with van der Waals surface area (Å²) in [6.45, 7) is 1.67. The smallest absolute Gasteiger partial charge is 0.270 e. The highest BCUT2D eigenvalue weighted by atomic mass is 79.9. The molecule has 1 saturated heterocycles. The average molecular weight is 329 g/mol. The van der Waals surface area contributed by atoms with Gasteiger partial charge in [0.25, 0.3) is 5.69 Å². The van der Waals surface area contributed by atoms with Crippen molar-refractivity contribution in [3.8, 4) is 0 Å². The van der Waals surface area contributed by atoms with Gasteiger partial charge in [0.2, 0.25) is 0 Å². The lowest BCUT2D eigenvalue weighted by atomic mass is 10.1. The van der Waals surface area contributed by atoms with Crippen LogP contribution >= 0.6 is 15.9 Å². The fourth-order valence-electron chi connectivity index (χ4n) is 2.16. The lowest BCUT2D eigenvalue weighted by Gasteiger charge is -2.22. The second-order valence-corrected chi connectivity index (χ2v) is 5.48. The summed E-state index contributed by atoms with van der Waals surface area (Å²) in [6, 6.07) is 4.74. The third-order valence-corrected chi connectivity index (χ3v) is 3.88. The minimum absolute atomic E-state index is 0.0908. The first-order chi connectivity index (χ1) is 9.16. The molecule has 0 amide bonds. The zero-order valence-corrected chi connectivity index (χ0v) is 12.2. The number of benzene rings is 1. The van der Waals surface area contributed by atoms with Gasteiger partial charge in [-0.15, -0.1) is 0 Å². The van der Waals surface area contributed by atoms with E-state index in [1.807, 2.05) is 0 Å². The highest BCUT2D eigenvalue weighted by Crippen LogP contribution is 2.27. The van der Waals surface area contributed by atoms with E-state index in [4.69, 9.17) is 4.74 Å². The number of halogens is 1. The summed E-state index contributed by atoms with van der Waals surface area (Å²) in [4.78, 5) is 10.2. The van der Waals surface area contributed by atoms with Gasteiger partial charge in [0.05, 0.1) is 11.0 Å². The number of ether oxygens (including phenoxy) is 1. The minimum Gasteiger partial charge on any atom is -0.384 e. The summed E-state index contributed by atoms with van der Waals surface area (Å²) >= 11 is 3.34. The van der Waals surface area contributed by atoms with E-state index < -0.39 is 4.92 Å². The summed E-state index contributed by atoms with van der Waals surface area (Å²) in [6.07, 6.45) is 4.84. The average Bonchev–Trinajstić information content (AvgIpc) is 2.41. The summed E-state index contributed by atoms with van der Waals surface area (Å²) in [5, 5.41) is 13.9. The predicted molar refractivity (Wildman–Crippen MR) is 77.5 cm³/mol. The van der Waals surface area contributed by atoms with Crippen molar-refractivity contribution in [2.45, 2.75) is 31.8 Å². The van der Waals surface area contributed by atoms with E-state index in [-0.39, 0.29) is 5.69 Å². The number of nitro benzene ring substituents is 1. The molecular formula is C13H17BrN2O3. The molecule has 0 bridgehead atoms. The molecule has 1 aliphatic rings. The molecule has 1 atom stereocenters. The molecule has 1 aliphatic heterocycles. The van der Waals surface area contributed by atoms with Crippen LogP contribution in [0.4, 0.5) is 11.4 Å². The third kappa shape index (κ3) is 4.18. The first-order valence-corrected chi connectivity index (χ1v) is 7.25. The summed E-state index contributed by atoms with van der Waals surface area (Å²) in [5.41, 5.74) is 0.967. The molecule has 0 radical (unpaired) electrons. The molecule has 1 N–H and O–H groups in total. The van der Waals surface area contributed by atoms with Gasteiger partial charge in [-0.1, -0.05) is 0 Å². The largest absolute Gasteiger partial charge is 0.384 e. The molecule has 0 spiro atoms. The van der Waals surface area contributed by atoms with Gasteiger partial charge in [-0.2, -0.15) is 0 Å². The van der Waals surface area contributed by atoms with Crippen LogP contribution in [0.15, 0.2) is 22.7 Å². The molecule has 0 saturated carbocycles. The van der Waals surface area contributed by atoms with Crippen molar-refractivity contribution >= 4 is 27.3 Å². The number of rotatable bonds is 5. The molecule has 1 aromatic carbocycles. The van der Waals surface area contributed by atoms with Gasteiger partial charge in [-0.3, -0.25) is 10.1 Å². The molecule has 1 unspecified atom stereocenters. The second kappa shape index (κ2) is 6.86. The molecular weight excluding hydrogens is 312 g/mol. The first kappa shape index (κ1) is 14.3. The Morgan fingerprint density at radius 2 is 2.32 bits per heavy atom. The van der Waals surface area contributed by atoms with Crippen LogP contribution in [-0.2, 0) is 4.74 Å². The maximum absolute atomic E-state index is 10.6. The van der Waals surface area contributed by atoms with Crippen LogP contribution in [0.2, 0.25) is 0 Å². The number of nitro groups is 1. The summed E-state index contributed by atoms with van der Waals surface area (Å²) < 4.78 is 6.37.